The van der Waals surface area contributed by atoms with E-state index in [1.165, 1.54) is 25.1 Å². The van der Waals surface area contributed by atoms with E-state index in [4.69, 9.17) is 4.74 Å². The van der Waals surface area contributed by atoms with Crippen molar-refractivity contribution in [1.29, 1.82) is 0 Å². The molecule has 1 aromatic rings. The van der Waals surface area contributed by atoms with Gasteiger partial charge < -0.3 is 14.8 Å². The first-order valence-electron chi connectivity index (χ1n) is 6.23. The van der Waals surface area contributed by atoms with Crippen LogP contribution in [-0.4, -0.2) is 36.6 Å². The number of ether oxygens (including phenoxy) is 2. The molecule has 0 aliphatic rings. The minimum atomic E-state index is -0.650. The van der Waals surface area contributed by atoms with Crippen LogP contribution in [-0.2, 0) is 19.1 Å². The Hall–Kier alpha value is -2.48. The molecule has 0 heterocycles. The molecule has 1 amide bonds. The fourth-order valence-corrected chi connectivity index (χ4v) is 1.52. The van der Waals surface area contributed by atoms with Gasteiger partial charge in [0.2, 0.25) is 0 Å². The summed E-state index contributed by atoms with van der Waals surface area (Å²) in [5.74, 6) is -1.23. The maximum absolute atomic E-state index is 11.6. The van der Waals surface area contributed by atoms with Crippen LogP contribution in [0, 0.1) is 17.0 Å². The minimum Gasteiger partial charge on any atom is -0.454 e. The topological polar surface area (TPSA) is 108 Å². The van der Waals surface area contributed by atoms with E-state index in [1.807, 2.05) is 0 Å². The molecule has 0 unspecified atom stereocenters. The van der Waals surface area contributed by atoms with Crippen LogP contribution in [0.15, 0.2) is 18.2 Å². The number of carbonyl (C=O) groups is 2. The van der Waals surface area contributed by atoms with Crippen LogP contribution in [0.5, 0.6) is 0 Å². The Labute approximate surface area is 121 Å². The van der Waals surface area contributed by atoms with Gasteiger partial charge in [0.15, 0.2) is 6.61 Å². The lowest BCUT2D eigenvalue weighted by Gasteiger charge is -2.09. The number of hydrogen-bond acceptors (Lipinski definition) is 6. The zero-order chi connectivity index (χ0) is 15.8. The van der Waals surface area contributed by atoms with Gasteiger partial charge in [-0.25, -0.2) is 4.79 Å². The lowest BCUT2D eigenvalue weighted by Crippen LogP contribution is -2.23. The largest absolute Gasteiger partial charge is 0.454 e. The monoisotopic (exact) mass is 296 g/mol. The summed E-state index contributed by atoms with van der Waals surface area (Å²) in [5.41, 5.74) is 0.535. The van der Waals surface area contributed by atoms with Crippen molar-refractivity contribution in [2.45, 2.75) is 13.8 Å². The molecule has 8 nitrogen and oxygen atoms in total. The quantitative estimate of drug-likeness (QED) is 0.463. The summed E-state index contributed by atoms with van der Waals surface area (Å²) in [6.45, 7) is 2.92. The molecular weight excluding hydrogens is 280 g/mol. The summed E-state index contributed by atoms with van der Waals surface area (Å²) in [6, 6.07) is 4.33. The third-order valence-electron chi connectivity index (χ3n) is 2.56. The minimum absolute atomic E-state index is 0.0962. The van der Waals surface area contributed by atoms with Gasteiger partial charge in [0.1, 0.15) is 6.61 Å². The molecule has 1 aromatic carbocycles. The van der Waals surface area contributed by atoms with Gasteiger partial charge in [-0.2, -0.15) is 0 Å². The number of rotatable bonds is 7. The molecule has 114 valence electrons. The zero-order valence-corrected chi connectivity index (χ0v) is 11.8. The number of anilines is 1. The smallest absolute Gasteiger partial charge is 0.332 e. The van der Waals surface area contributed by atoms with Crippen LogP contribution in [0.3, 0.4) is 0 Å². The Bertz CT molecular complexity index is 543. The molecule has 0 saturated carbocycles. The lowest BCUT2D eigenvalue weighted by atomic mass is 10.1. The maximum Gasteiger partial charge on any atom is 0.332 e. The van der Waals surface area contributed by atoms with Crippen LogP contribution in [0.25, 0.3) is 0 Å². The van der Waals surface area contributed by atoms with Crippen LogP contribution in [0.4, 0.5) is 11.4 Å². The van der Waals surface area contributed by atoms with Crippen molar-refractivity contribution in [3.8, 4) is 0 Å². The normalized spacial score (nSPS) is 10.0. The summed E-state index contributed by atoms with van der Waals surface area (Å²) in [5, 5.41) is 13.2. The van der Waals surface area contributed by atoms with Gasteiger partial charge in [0.05, 0.1) is 16.2 Å². The van der Waals surface area contributed by atoms with Crippen molar-refractivity contribution in [3.63, 3.8) is 0 Å². The Balaban J connectivity index is 2.58. The average Bonchev–Trinajstić information content (AvgIpc) is 2.44. The van der Waals surface area contributed by atoms with Crippen molar-refractivity contribution in [3.05, 3.63) is 33.9 Å². The second-order valence-electron chi connectivity index (χ2n) is 4.05. The number of nitro benzene ring substituents is 1. The van der Waals surface area contributed by atoms with Crippen LogP contribution < -0.4 is 5.32 Å². The second kappa shape index (κ2) is 7.95. The number of esters is 1. The number of carbonyl (C=O) groups excluding carboxylic acids is 2. The fourth-order valence-electron chi connectivity index (χ4n) is 1.52. The van der Waals surface area contributed by atoms with E-state index in [2.05, 4.69) is 10.1 Å². The molecular formula is C13H16N2O6. The first kappa shape index (κ1) is 16.6. The first-order valence-corrected chi connectivity index (χ1v) is 6.23. The van der Waals surface area contributed by atoms with Gasteiger partial charge in [-0.05, 0) is 19.9 Å². The molecule has 0 aromatic heterocycles. The number of nitrogens with one attached hydrogen (secondary N) is 1. The van der Waals surface area contributed by atoms with Gasteiger partial charge in [-0.3, -0.25) is 14.9 Å². The predicted molar refractivity (Wildman–Crippen MR) is 73.9 cm³/mol. The van der Waals surface area contributed by atoms with E-state index in [9.17, 15) is 19.7 Å². The first-order chi connectivity index (χ1) is 9.95. The molecule has 0 saturated heterocycles. The molecule has 0 fully saturated rings. The lowest BCUT2D eigenvalue weighted by molar-refractivity contribution is -0.385. The van der Waals surface area contributed by atoms with Gasteiger partial charge in [-0.1, -0.05) is 6.07 Å². The maximum atomic E-state index is 11.6. The summed E-state index contributed by atoms with van der Waals surface area (Å²) in [4.78, 5) is 33.0. The van der Waals surface area contributed by atoms with Gasteiger partial charge in [0.25, 0.3) is 11.6 Å². The van der Waals surface area contributed by atoms with Crippen LogP contribution in [0.1, 0.15) is 12.5 Å². The summed E-state index contributed by atoms with van der Waals surface area (Å²) >= 11 is 0. The fraction of sp³-hybridized carbons (Fsp3) is 0.385. The van der Waals surface area contributed by atoms with E-state index < -0.39 is 23.4 Å². The highest BCUT2D eigenvalue weighted by atomic mass is 16.6. The molecule has 0 spiro atoms. The summed E-state index contributed by atoms with van der Waals surface area (Å²) in [6.07, 6.45) is 0. The third-order valence-corrected chi connectivity index (χ3v) is 2.56. The second-order valence-corrected chi connectivity index (χ2v) is 4.05. The third kappa shape index (κ3) is 5.19. The van der Waals surface area contributed by atoms with Crippen LogP contribution in [0.2, 0.25) is 0 Å². The van der Waals surface area contributed by atoms with Crippen molar-refractivity contribution in [1.82, 2.24) is 0 Å². The van der Waals surface area contributed by atoms with E-state index >= 15 is 0 Å². The Morgan fingerprint density at radius 1 is 1.33 bits per heavy atom. The molecule has 0 radical (unpaired) electrons. The number of amides is 1. The molecule has 0 aliphatic heterocycles. The van der Waals surface area contributed by atoms with Crippen molar-refractivity contribution >= 4 is 23.3 Å². The van der Waals surface area contributed by atoms with Crippen LogP contribution >= 0.6 is 0 Å². The Kier molecular flexibility index (Phi) is 6.28. The van der Waals surface area contributed by atoms with Crippen molar-refractivity contribution < 1.29 is 24.0 Å². The molecule has 21 heavy (non-hydrogen) atoms. The number of nitrogens with zero attached hydrogens (tertiary/aromatic N) is 1. The zero-order valence-electron chi connectivity index (χ0n) is 11.8. The summed E-state index contributed by atoms with van der Waals surface area (Å²) < 4.78 is 9.51. The van der Waals surface area contributed by atoms with Crippen molar-refractivity contribution in [2.24, 2.45) is 0 Å². The average molecular weight is 296 g/mol. The highest BCUT2D eigenvalue weighted by Gasteiger charge is 2.15. The predicted octanol–water partition coefficient (Wildman–Crippen LogP) is 1.42. The molecule has 0 atom stereocenters. The highest BCUT2D eigenvalue weighted by molar-refractivity contribution is 5.94. The number of hydrogen-bond donors (Lipinski definition) is 1. The molecule has 1 rings (SSSR count). The van der Waals surface area contributed by atoms with Crippen molar-refractivity contribution in [2.75, 3.05) is 25.1 Å². The number of nitro groups is 1. The number of benzene rings is 1. The van der Waals surface area contributed by atoms with Gasteiger partial charge in [-0.15, -0.1) is 0 Å². The van der Waals surface area contributed by atoms with E-state index in [0.717, 1.165) is 0 Å². The molecule has 0 aliphatic carbocycles. The van der Waals surface area contributed by atoms with Gasteiger partial charge in [0, 0.05) is 12.7 Å². The van der Waals surface area contributed by atoms with Gasteiger partial charge >= 0.3 is 5.97 Å². The van der Waals surface area contributed by atoms with E-state index in [-0.39, 0.29) is 12.3 Å². The van der Waals surface area contributed by atoms with E-state index in [0.29, 0.717) is 17.9 Å². The molecule has 1 N–H and O–H groups in total. The van der Waals surface area contributed by atoms with E-state index in [1.54, 1.807) is 6.92 Å². The highest BCUT2D eigenvalue weighted by Crippen LogP contribution is 2.24. The molecule has 8 heteroatoms. The molecule has 0 bridgehead atoms. The summed E-state index contributed by atoms with van der Waals surface area (Å²) in [7, 11) is 0. The Morgan fingerprint density at radius 2 is 2.05 bits per heavy atom. The SMILES string of the molecule is CCOCC(=O)OCC(=O)Nc1cccc([N+](=O)[O-])c1C. The standard InChI is InChI=1S/C13H16N2O6/c1-3-20-8-13(17)21-7-12(16)14-10-5-4-6-11(9(10)2)15(18)19/h4-6H,3,7-8H2,1-2H3,(H,14,16). The Morgan fingerprint density at radius 3 is 2.67 bits per heavy atom.